The van der Waals surface area contributed by atoms with Crippen LogP contribution in [0.15, 0.2) is 24.3 Å². The molecule has 1 saturated carbocycles. The Morgan fingerprint density at radius 2 is 1.81 bits per heavy atom. The van der Waals surface area contributed by atoms with E-state index < -0.39 is 5.60 Å². The zero-order valence-corrected chi connectivity index (χ0v) is 16.7. The van der Waals surface area contributed by atoms with Gasteiger partial charge in [-0.2, -0.15) is 0 Å². The normalized spacial score (nSPS) is 15.7. The summed E-state index contributed by atoms with van der Waals surface area (Å²) >= 11 is 0. The topological polar surface area (TPSA) is 57.5 Å². The maximum absolute atomic E-state index is 12.5. The molecule has 0 atom stereocenters. The number of nitrogens with zero attached hydrogens (tertiary/aromatic N) is 1. The van der Waals surface area contributed by atoms with E-state index in [1.807, 2.05) is 37.5 Å². The van der Waals surface area contributed by atoms with Crippen LogP contribution in [-0.2, 0) is 20.8 Å². The lowest BCUT2D eigenvalue weighted by molar-refractivity contribution is -0.141. The van der Waals surface area contributed by atoms with Crippen molar-refractivity contribution in [2.45, 2.75) is 70.9 Å². The van der Waals surface area contributed by atoms with Crippen molar-refractivity contribution in [2.24, 2.45) is 0 Å². The number of esters is 2. The first-order chi connectivity index (χ1) is 12.8. The van der Waals surface area contributed by atoms with E-state index in [2.05, 4.69) is 6.07 Å². The number of methoxy groups -OCH3 is 1. The Morgan fingerprint density at radius 1 is 1.11 bits per heavy atom. The number of carbonyl (C=O) groups is 2. The van der Waals surface area contributed by atoms with Crippen LogP contribution < -0.4 is 0 Å². The van der Waals surface area contributed by atoms with Gasteiger partial charge in [-0.05, 0) is 63.1 Å². The summed E-state index contributed by atoms with van der Waals surface area (Å²) in [5.41, 5.74) is 1.99. The Balaban J connectivity index is 2.03. The first-order valence-electron chi connectivity index (χ1n) is 9.72. The fourth-order valence-electron chi connectivity index (χ4n) is 3.85. The molecule has 0 saturated heterocycles. The van der Waals surface area contributed by atoms with Crippen LogP contribution in [0.1, 0.15) is 74.8 Å². The van der Waals surface area contributed by atoms with E-state index in [1.54, 1.807) is 6.07 Å². The van der Waals surface area contributed by atoms with Crippen molar-refractivity contribution in [2.75, 3.05) is 7.11 Å². The molecule has 1 aromatic heterocycles. The van der Waals surface area contributed by atoms with Crippen molar-refractivity contribution in [3.8, 4) is 0 Å². The van der Waals surface area contributed by atoms with E-state index in [0.29, 0.717) is 11.5 Å². The number of hydrogen-bond donors (Lipinski definition) is 0. The summed E-state index contributed by atoms with van der Waals surface area (Å²) in [6.45, 7) is 5.71. The Kier molecular flexibility index (Phi) is 5.59. The molecule has 146 valence electrons. The fourth-order valence-corrected chi connectivity index (χ4v) is 3.85. The molecule has 0 radical (unpaired) electrons. The standard InChI is InChI=1S/C22H29NO4/c1-22(2,3)27-21(25)17-11-10-16-12-18(15-8-6-5-7-9-15)23(19(16)13-17)14-20(24)26-4/h10-13,15H,5-9,14H2,1-4H3. The molecule has 1 aliphatic rings. The highest BCUT2D eigenvalue weighted by Crippen LogP contribution is 2.36. The largest absolute Gasteiger partial charge is 0.468 e. The third-order valence-electron chi connectivity index (χ3n) is 5.11. The minimum Gasteiger partial charge on any atom is -0.468 e. The van der Waals surface area contributed by atoms with Crippen LogP contribution in [0.25, 0.3) is 10.9 Å². The third-order valence-corrected chi connectivity index (χ3v) is 5.11. The summed E-state index contributed by atoms with van der Waals surface area (Å²) in [4.78, 5) is 24.5. The number of hydrogen-bond acceptors (Lipinski definition) is 4. The Morgan fingerprint density at radius 3 is 2.44 bits per heavy atom. The quantitative estimate of drug-likeness (QED) is 0.723. The Bertz CT molecular complexity index is 838. The molecule has 3 rings (SSSR count). The highest BCUT2D eigenvalue weighted by molar-refractivity contribution is 5.95. The molecule has 1 aromatic carbocycles. The molecule has 1 fully saturated rings. The molecule has 0 amide bonds. The molecular formula is C22H29NO4. The van der Waals surface area contributed by atoms with Gasteiger partial charge in [-0.3, -0.25) is 4.79 Å². The Labute approximate surface area is 160 Å². The van der Waals surface area contributed by atoms with Gasteiger partial charge >= 0.3 is 11.9 Å². The average Bonchev–Trinajstić information content (AvgIpc) is 2.98. The van der Waals surface area contributed by atoms with E-state index in [0.717, 1.165) is 29.4 Å². The van der Waals surface area contributed by atoms with Gasteiger partial charge in [0.05, 0.1) is 12.7 Å². The fraction of sp³-hybridized carbons (Fsp3) is 0.545. The maximum atomic E-state index is 12.5. The molecule has 0 N–H and O–H groups in total. The van der Waals surface area contributed by atoms with Crippen molar-refractivity contribution in [3.63, 3.8) is 0 Å². The second-order valence-electron chi connectivity index (χ2n) is 8.34. The minimum atomic E-state index is -0.548. The van der Waals surface area contributed by atoms with E-state index >= 15 is 0 Å². The Hall–Kier alpha value is -2.30. The molecule has 5 nitrogen and oxygen atoms in total. The van der Waals surface area contributed by atoms with Gasteiger partial charge in [0.2, 0.25) is 0 Å². The van der Waals surface area contributed by atoms with Crippen LogP contribution in [0.5, 0.6) is 0 Å². The predicted octanol–water partition coefficient (Wildman–Crippen LogP) is 4.82. The lowest BCUT2D eigenvalue weighted by Gasteiger charge is -2.23. The maximum Gasteiger partial charge on any atom is 0.338 e. The van der Waals surface area contributed by atoms with E-state index in [-0.39, 0.29) is 18.5 Å². The summed E-state index contributed by atoms with van der Waals surface area (Å²) in [5.74, 6) is -0.192. The third kappa shape index (κ3) is 4.52. The molecule has 5 heteroatoms. The zero-order valence-electron chi connectivity index (χ0n) is 16.7. The molecule has 1 heterocycles. The van der Waals surface area contributed by atoms with Crippen LogP contribution >= 0.6 is 0 Å². The van der Waals surface area contributed by atoms with Crippen LogP contribution in [0.4, 0.5) is 0 Å². The van der Waals surface area contributed by atoms with Gasteiger partial charge < -0.3 is 14.0 Å². The van der Waals surface area contributed by atoms with Crippen molar-refractivity contribution in [1.82, 2.24) is 4.57 Å². The SMILES string of the molecule is COC(=O)Cn1c(C2CCCCC2)cc2ccc(C(=O)OC(C)(C)C)cc21. The average molecular weight is 371 g/mol. The van der Waals surface area contributed by atoms with Gasteiger partial charge in [-0.25, -0.2) is 4.79 Å². The number of benzene rings is 1. The van der Waals surface area contributed by atoms with Crippen molar-refractivity contribution < 1.29 is 19.1 Å². The van der Waals surface area contributed by atoms with Gasteiger partial charge in [0.1, 0.15) is 12.1 Å². The smallest absolute Gasteiger partial charge is 0.338 e. The molecule has 2 aromatic rings. The van der Waals surface area contributed by atoms with Crippen LogP contribution in [0.2, 0.25) is 0 Å². The lowest BCUT2D eigenvalue weighted by atomic mass is 9.87. The highest BCUT2D eigenvalue weighted by Gasteiger charge is 2.24. The van der Waals surface area contributed by atoms with Gasteiger partial charge in [0.15, 0.2) is 0 Å². The van der Waals surface area contributed by atoms with E-state index in [1.165, 1.54) is 26.4 Å². The van der Waals surface area contributed by atoms with Crippen LogP contribution in [-0.4, -0.2) is 29.2 Å². The zero-order chi connectivity index (χ0) is 19.6. The van der Waals surface area contributed by atoms with Crippen LogP contribution in [0, 0.1) is 0 Å². The molecule has 0 unspecified atom stereocenters. The molecule has 0 aliphatic heterocycles. The monoisotopic (exact) mass is 371 g/mol. The van der Waals surface area contributed by atoms with Crippen molar-refractivity contribution >= 4 is 22.8 Å². The second-order valence-corrected chi connectivity index (χ2v) is 8.34. The molecule has 27 heavy (non-hydrogen) atoms. The van der Waals surface area contributed by atoms with Crippen LogP contribution in [0.3, 0.4) is 0 Å². The number of aromatic nitrogens is 1. The summed E-state index contributed by atoms with van der Waals surface area (Å²) in [5, 5.41) is 1.03. The number of carbonyl (C=O) groups excluding carboxylic acids is 2. The molecule has 0 spiro atoms. The predicted molar refractivity (Wildman–Crippen MR) is 105 cm³/mol. The number of fused-ring (bicyclic) bond motifs is 1. The molecular weight excluding hydrogens is 342 g/mol. The number of ether oxygens (including phenoxy) is 2. The van der Waals surface area contributed by atoms with E-state index in [4.69, 9.17) is 9.47 Å². The molecule has 1 aliphatic carbocycles. The first-order valence-corrected chi connectivity index (χ1v) is 9.72. The minimum absolute atomic E-state index is 0.156. The van der Waals surface area contributed by atoms with E-state index in [9.17, 15) is 9.59 Å². The second kappa shape index (κ2) is 7.75. The van der Waals surface area contributed by atoms with Gasteiger partial charge in [0.25, 0.3) is 0 Å². The summed E-state index contributed by atoms with van der Waals surface area (Å²) < 4.78 is 12.4. The first kappa shape index (κ1) is 19.5. The summed E-state index contributed by atoms with van der Waals surface area (Å²) in [7, 11) is 1.40. The highest BCUT2D eigenvalue weighted by atomic mass is 16.6. The van der Waals surface area contributed by atoms with Gasteiger partial charge in [-0.15, -0.1) is 0 Å². The van der Waals surface area contributed by atoms with Gasteiger partial charge in [-0.1, -0.05) is 25.3 Å². The van der Waals surface area contributed by atoms with Crippen molar-refractivity contribution in [1.29, 1.82) is 0 Å². The number of rotatable bonds is 4. The van der Waals surface area contributed by atoms with Crippen molar-refractivity contribution in [3.05, 3.63) is 35.5 Å². The molecule has 0 bridgehead atoms. The summed E-state index contributed by atoms with van der Waals surface area (Å²) in [6.07, 6.45) is 5.98. The lowest BCUT2D eigenvalue weighted by Crippen LogP contribution is -2.24. The summed E-state index contributed by atoms with van der Waals surface area (Å²) in [6, 6.07) is 7.73. The van der Waals surface area contributed by atoms with Gasteiger partial charge in [0, 0.05) is 11.2 Å².